The Morgan fingerprint density at radius 2 is 2.05 bits per heavy atom. The number of carbonyl (C=O) groups excluding carboxylic acids is 2. The summed E-state index contributed by atoms with van der Waals surface area (Å²) in [7, 11) is 0. The van der Waals surface area contributed by atoms with Crippen LogP contribution in [0.1, 0.15) is 25.3 Å². The number of unbranched alkanes of at least 4 members (excludes halogenated alkanes) is 1. The Kier molecular flexibility index (Phi) is 6.59. The van der Waals surface area contributed by atoms with Crippen molar-refractivity contribution >= 4 is 23.8 Å². The van der Waals surface area contributed by atoms with Gasteiger partial charge >= 0.3 is 12.2 Å². The van der Waals surface area contributed by atoms with Crippen LogP contribution in [0.5, 0.6) is 0 Å². The molecule has 0 aromatic carbocycles. The van der Waals surface area contributed by atoms with Crippen molar-refractivity contribution in [1.29, 1.82) is 0 Å². The highest BCUT2D eigenvalue weighted by atomic mass is 35.5. The molecule has 1 rings (SSSR count). The summed E-state index contributed by atoms with van der Waals surface area (Å²) in [6.07, 6.45) is 2.61. The minimum atomic E-state index is -1.02. The van der Waals surface area contributed by atoms with Gasteiger partial charge in [-0.15, -0.1) is 0 Å². The largest absolute Gasteiger partial charge is 0.517 e. The summed E-state index contributed by atoms with van der Waals surface area (Å²) in [5.74, 6) is 0. The van der Waals surface area contributed by atoms with Crippen LogP contribution in [-0.4, -0.2) is 28.8 Å². The van der Waals surface area contributed by atoms with Crippen LogP contribution in [0.15, 0.2) is 12.4 Å². The van der Waals surface area contributed by atoms with Crippen LogP contribution >= 0.6 is 11.6 Å². The van der Waals surface area contributed by atoms with Gasteiger partial charge in [0.25, 0.3) is 0 Å². The van der Waals surface area contributed by atoms with Gasteiger partial charge in [-0.05, 0) is 18.0 Å². The summed E-state index contributed by atoms with van der Waals surface area (Å²) in [5, 5.41) is 2.47. The summed E-state index contributed by atoms with van der Waals surface area (Å²) in [4.78, 5) is 29.7. The molecule has 0 spiro atoms. The van der Waals surface area contributed by atoms with Crippen LogP contribution in [-0.2, 0) is 16.0 Å². The molecule has 0 saturated carbocycles. The fourth-order valence-electron chi connectivity index (χ4n) is 1.05. The zero-order valence-corrected chi connectivity index (χ0v) is 11.1. The molecule has 104 valence electrons. The fourth-order valence-corrected chi connectivity index (χ4v) is 1.14. The summed E-state index contributed by atoms with van der Waals surface area (Å²) in [6, 6.07) is 0. The molecular formula is C11H14ClN3O4. The quantitative estimate of drug-likeness (QED) is 0.387. The maximum Gasteiger partial charge on any atom is 0.517 e. The Morgan fingerprint density at radius 3 is 2.68 bits per heavy atom. The van der Waals surface area contributed by atoms with E-state index < -0.39 is 12.2 Å². The number of rotatable bonds is 5. The lowest BCUT2D eigenvalue weighted by Crippen LogP contribution is -2.27. The number of halogens is 1. The van der Waals surface area contributed by atoms with E-state index in [1.54, 1.807) is 0 Å². The number of hydrogen-bond acceptors (Lipinski definition) is 6. The molecule has 0 aliphatic heterocycles. The van der Waals surface area contributed by atoms with Crippen LogP contribution in [0.3, 0.4) is 0 Å². The van der Waals surface area contributed by atoms with Crippen LogP contribution in [0, 0.1) is 0 Å². The number of nitrogens with zero attached hydrogens (tertiary/aromatic N) is 2. The molecule has 0 radical (unpaired) electrons. The van der Waals surface area contributed by atoms with E-state index >= 15 is 0 Å². The van der Waals surface area contributed by atoms with Crippen LogP contribution in [0.2, 0.25) is 5.28 Å². The summed E-state index contributed by atoms with van der Waals surface area (Å²) < 4.78 is 9.02. The molecule has 0 aliphatic carbocycles. The highest BCUT2D eigenvalue weighted by molar-refractivity contribution is 6.28. The molecule has 19 heavy (non-hydrogen) atoms. The topological polar surface area (TPSA) is 90.4 Å². The molecule has 1 heterocycles. The third-order valence-corrected chi connectivity index (χ3v) is 2.20. The highest BCUT2D eigenvalue weighted by Gasteiger charge is 2.10. The third-order valence-electron chi connectivity index (χ3n) is 2.00. The molecule has 7 nitrogen and oxygen atoms in total. The Balaban J connectivity index is 2.24. The smallest absolute Gasteiger partial charge is 0.434 e. The van der Waals surface area contributed by atoms with Gasteiger partial charge in [0.05, 0.1) is 6.61 Å². The van der Waals surface area contributed by atoms with E-state index in [1.165, 1.54) is 12.4 Å². The Bertz CT molecular complexity index is 424. The number of amides is 1. The van der Waals surface area contributed by atoms with Crippen LogP contribution in [0.4, 0.5) is 9.59 Å². The van der Waals surface area contributed by atoms with E-state index in [1.807, 2.05) is 6.92 Å². The predicted octanol–water partition coefficient (Wildman–Crippen LogP) is 2.29. The third kappa shape index (κ3) is 6.56. The number of aromatic nitrogens is 2. The average Bonchev–Trinajstić information content (AvgIpc) is 2.38. The lowest BCUT2D eigenvalue weighted by molar-refractivity contribution is 0.0740. The van der Waals surface area contributed by atoms with Gasteiger partial charge in [-0.25, -0.2) is 19.6 Å². The molecule has 8 heteroatoms. The van der Waals surface area contributed by atoms with Gasteiger partial charge in [-0.1, -0.05) is 13.3 Å². The lowest BCUT2D eigenvalue weighted by atomic mass is 10.3. The molecule has 1 aromatic rings. The number of hydrogen-bond donors (Lipinski definition) is 1. The second-order valence-electron chi connectivity index (χ2n) is 3.56. The van der Waals surface area contributed by atoms with E-state index in [0.29, 0.717) is 5.56 Å². The van der Waals surface area contributed by atoms with E-state index in [-0.39, 0.29) is 18.4 Å². The van der Waals surface area contributed by atoms with E-state index in [0.717, 1.165) is 12.8 Å². The normalized spacial score (nSPS) is 9.79. The molecule has 0 atom stereocenters. The van der Waals surface area contributed by atoms with Crippen molar-refractivity contribution in [1.82, 2.24) is 15.3 Å². The van der Waals surface area contributed by atoms with Crippen molar-refractivity contribution in [3.8, 4) is 0 Å². The van der Waals surface area contributed by atoms with Gasteiger partial charge in [0, 0.05) is 24.5 Å². The van der Waals surface area contributed by atoms with Gasteiger partial charge in [0.1, 0.15) is 0 Å². The van der Waals surface area contributed by atoms with Crippen LogP contribution < -0.4 is 5.32 Å². The Morgan fingerprint density at radius 1 is 1.37 bits per heavy atom. The maximum atomic E-state index is 11.2. The summed E-state index contributed by atoms with van der Waals surface area (Å²) in [6.45, 7) is 2.31. The average molecular weight is 288 g/mol. The number of nitrogens with one attached hydrogen (secondary N) is 1. The number of alkyl carbamates (subject to hydrolysis) is 1. The van der Waals surface area contributed by atoms with Crippen molar-refractivity contribution in [2.45, 2.75) is 26.3 Å². The molecular weight excluding hydrogens is 274 g/mol. The predicted molar refractivity (Wildman–Crippen MR) is 66.6 cm³/mol. The minimum Gasteiger partial charge on any atom is -0.434 e. The maximum absolute atomic E-state index is 11.2. The van der Waals surface area contributed by atoms with Gasteiger partial charge in [-0.2, -0.15) is 0 Å². The summed E-state index contributed by atoms with van der Waals surface area (Å²) >= 11 is 5.51. The zero-order chi connectivity index (χ0) is 14.1. The van der Waals surface area contributed by atoms with Crippen molar-refractivity contribution in [3.05, 3.63) is 23.2 Å². The monoisotopic (exact) mass is 287 g/mol. The molecule has 1 N–H and O–H groups in total. The van der Waals surface area contributed by atoms with Crippen molar-refractivity contribution in [2.75, 3.05) is 6.61 Å². The van der Waals surface area contributed by atoms with Crippen molar-refractivity contribution in [2.24, 2.45) is 0 Å². The second kappa shape index (κ2) is 8.25. The lowest BCUT2D eigenvalue weighted by Gasteiger charge is -2.05. The number of ether oxygens (including phenoxy) is 2. The molecule has 0 saturated heterocycles. The first-order valence-corrected chi connectivity index (χ1v) is 6.08. The van der Waals surface area contributed by atoms with Gasteiger partial charge in [0.2, 0.25) is 5.28 Å². The van der Waals surface area contributed by atoms with Crippen molar-refractivity contribution < 1.29 is 19.1 Å². The Labute approximate surface area is 115 Å². The molecule has 1 aromatic heterocycles. The molecule has 0 fully saturated rings. The van der Waals surface area contributed by atoms with Crippen LogP contribution in [0.25, 0.3) is 0 Å². The van der Waals surface area contributed by atoms with E-state index in [9.17, 15) is 9.59 Å². The SMILES string of the molecule is CCCCOC(=O)OC(=O)NCc1cnc(Cl)nc1. The molecule has 0 unspecified atom stereocenters. The molecule has 0 aliphatic rings. The highest BCUT2D eigenvalue weighted by Crippen LogP contribution is 2.00. The second-order valence-corrected chi connectivity index (χ2v) is 3.89. The van der Waals surface area contributed by atoms with Gasteiger partial charge in [0.15, 0.2) is 0 Å². The van der Waals surface area contributed by atoms with Crippen molar-refractivity contribution in [3.63, 3.8) is 0 Å². The first-order chi connectivity index (χ1) is 9.11. The van der Waals surface area contributed by atoms with Gasteiger partial charge < -0.3 is 14.8 Å². The summed E-state index contributed by atoms with van der Waals surface area (Å²) in [5.41, 5.74) is 0.626. The molecule has 0 bridgehead atoms. The van der Waals surface area contributed by atoms with E-state index in [4.69, 9.17) is 11.6 Å². The Hall–Kier alpha value is -1.89. The first kappa shape index (κ1) is 15.2. The van der Waals surface area contributed by atoms with Gasteiger partial charge in [-0.3, -0.25) is 0 Å². The minimum absolute atomic E-state index is 0.117. The first-order valence-electron chi connectivity index (χ1n) is 5.70. The fraction of sp³-hybridized carbons (Fsp3) is 0.455. The standard InChI is InChI=1S/C11H14ClN3O4/c1-2-3-4-18-11(17)19-10(16)15-7-8-5-13-9(12)14-6-8/h5-6H,2-4,7H2,1H3,(H,15,16). The molecule has 1 amide bonds. The number of carbonyl (C=O) groups is 2. The van der Waals surface area contributed by atoms with E-state index in [2.05, 4.69) is 24.8 Å². The zero-order valence-electron chi connectivity index (χ0n) is 10.4.